The Morgan fingerprint density at radius 1 is 1.19 bits per heavy atom. The lowest BCUT2D eigenvalue weighted by molar-refractivity contribution is -0.151. The third kappa shape index (κ3) is 4.08. The van der Waals surface area contributed by atoms with Crippen LogP contribution in [0, 0.1) is 0 Å². The number of fused-ring (bicyclic) bond motifs is 1. The summed E-state index contributed by atoms with van der Waals surface area (Å²) in [5.74, 6) is 0.0525. The van der Waals surface area contributed by atoms with Crippen LogP contribution < -0.4 is 10.4 Å². The molecule has 0 N–H and O–H groups in total. The molecule has 0 atom stereocenters. The fourth-order valence-electron chi connectivity index (χ4n) is 1.95. The molecule has 0 unspecified atom stereocenters. The lowest BCUT2D eigenvalue weighted by Gasteiger charge is -2.14. The molecule has 0 amide bonds. The van der Waals surface area contributed by atoms with Gasteiger partial charge in [0, 0.05) is 17.5 Å². The minimum absolute atomic E-state index is 0.0734. The molecule has 0 radical (unpaired) electrons. The van der Waals surface area contributed by atoms with Gasteiger partial charge < -0.3 is 13.9 Å². The van der Waals surface area contributed by atoms with E-state index in [0.717, 1.165) is 18.2 Å². The second-order valence-electron chi connectivity index (χ2n) is 4.67. The Balaban J connectivity index is 2.00. The van der Waals surface area contributed by atoms with Gasteiger partial charge in [-0.25, -0.2) is 9.59 Å². The van der Waals surface area contributed by atoms with Crippen LogP contribution in [0.15, 0.2) is 39.5 Å². The Hall–Kier alpha value is -2.30. The number of hydrogen-bond donors (Lipinski definition) is 0. The van der Waals surface area contributed by atoms with Crippen molar-refractivity contribution >= 4 is 16.9 Å². The van der Waals surface area contributed by atoms with E-state index in [-0.39, 0.29) is 12.7 Å². The number of benzene rings is 1. The average molecular weight is 290 g/mol. The van der Waals surface area contributed by atoms with Crippen molar-refractivity contribution in [1.29, 1.82) is 0 Å². The molecular formula is C16H18O5. The van der Waals surface area contributed by atoms with E-state index in [9.17, 15) is 9.59 Å². The zero-order valence-corrected chi connectivity index (χ0v) is 12.1. The van der Waals surface area contributed by atoms with Crippen molar-refractivity contribution < 1.29 is 18.7 Å². The van der Waals surface area contributed by atoms with E-state index in [0.29, 0.717) is 11.3 Å². The van der Waals surface area contributed by atoms with E-state index in [2.05, 4.69) is 0 Å². The minimum atomic E-state index is -0.423. The Morgan fingerprint density at radius 2 is 1.90 bits per heavy atom. The third-order valence-electron chi connectivity index (χ3n) is 3.16. The standard InChI is InChI=1S/C16H18O5/c1-3-12(4-2)20-16(18)10-19-13-7-5-11-6-8-15(17)21-14(11)9-13/h5-9,12H,3-4,10H2,1-2H3. The highest BCUT2D eigenvalue weighted by molar-refractivity contribution is 5.78. The van der Waals surface area contributed by atoms with Gasteiger partial charge in [0.05, 0.1) is 0 Å². The number of esters is 1. The van der Waals surface area contributed by atoms with Crippen LogP contribution in [0.25, 0.3) is 11.0 Å². The van der Waals surface area contributed by atoms with Crippen LogP contribution >= 0.6 is 0 Å². The largest absolute Gasteiger partial charge is 0.482 e. The Morgan fingerprint density at radius 3 is 2.62 bits per heavy atom. The van der Waals surface area contributed by atoms with Gasteiger partial charge in [0.1, 0.15) is 17.4 Å². The molecule has 2 aromatic rings. The molecule has 0 bridgehead atoms. The molecule has 0 fully saturated rings. The minimum Gasteiger partial charge on any atom is -0.482 e. The predicted octanol–water partition coefficient (Wildman–Crippen LogP) is 2.90. The molecule has 0 saturated heterocycles. The van der Waals surface area contributed by atoms with E-state index in [1.165, 1.54) is 6.07 Å². The van der Waals surface area contributed by atoms with Crippen LogP contribution in [-0.2, 0) is 9.53 Å². The van der Waals surface area contributed by atoms with Crippen LogP contribution in [0.1, 0.15) is 26.7 Å². The highest BCUT2D eigenvalue weighted by Crippen LogP contribution is 2.19. The highest BCUT2D eigenvalue weighted by Gasteiger charge is 2.11. The molecule has 0 aliphatic heterocycles. The Labute approximate surface area is 122 Å². The Bertz CT molecular complexity index is 670. The normalized spacial score (nSPS) is 10.8. The number of carbonyl (C=O) groups excluding carboxylic acids is 1. The van der Waals surface area contributed by atoms with Gasteiger partial charge in [-0.05, 0) is 31.0 Å². The quantitative estimate of drug-likeness (QED) is 0.604. The SMILES string of the molecule is CCC(CC)OC(=O)COc1ccc2ccc(=O)oc2c1. The molecule has 5 heteroatoms. The van der Waals surface area contributed by atoms with E-state index in [1.807, 2.05) is 13.8 Å². The molecule has 1 aromatic heterocycles. The van der Waals surface area contributed by atoms with Crippen LogP contribution in [0.2, 0.25) is 0 Å². The fraction of sp³-hybridized carbons (Fsp3) is 0.375. The summed E-state index contributed by atoms with van der Waals surface area (Å²) < 4.78 is 15.7. The second-order valence-corrected chi connectivity index (χ2v) is 4.67. The van der Waals surface area contributed by atoms with Gasteiger partial charge >= 0.3 is 11.6 Å². The van der Waals surface area contributed by atoms with Gasteiger partial charge in [0.15, 0.2) is 6.61 Å². The summed E-state index contributed by atoms with van der Waals surface area (Å²) in [6, 6.07) is 8.09. The lowest BCUT2D eigenvalue weighted by Crippen LogP contribution is -2.21. The topological polar surface area (TPSA) is 65.7 Å². The summed E-state index contributed by atoms with van der Waals surface area (Å²) in [6.45, 7) is 3.76. The number of carbonyl (C=O) groups is 1. The predicted molar refractivity (Wildman–Crippen MR) is 78.4 cm³/mol. The molecule has 5 nitrogen and oxygen atoms in total. The van der Waals surface area contributed by atoms with Gasteiger partial charge in [-0.2, -0.15) is 0 Å². The summed E-state index contributed by atoms with van der Waals surface area (Å²) in [6.07, 6.45) is 1.49. The molecular weight excluding hydrogens is 272 g/mol. The van der Waals surface area contributed by atoms with E-state index in [1.54, 1.807) is 24.3 Å². The molecule has 1 aromatic carbocycles. The van der Waals surface area contributed by atoms with Crippen molar-refractivity contribution in [2.45, 2.75) is 32.8 Å². The summed E-state index contributed by atoms with van der Waals surface area (Å²) in [5.41, 5.74) is 0.00107. The van der Waals surface area contributed by atoms with Gasteiger partial charge in [0.2, 0.25) is 0 Å². The maximum atomic E-state index is 11.6. The van der Waals surface area contributed by atoms with Crippen molar-refractivity contribution in [2.75, 3.05) is 6.61 Å². The number of ether oxygens (including phenoxy) is 2. The van der Waals surface area contributed by atoms with Gasteiger partial charge in [-0.1, -0.05) is 13.8 Å². The van der Waals surface area contributed by atoms with Crippen molar-refractivity contribution in [2.24, 2.45) is 0 Å². The second kappa shape index (κ2) is 6.92. The van der Waals surface area contributed by atoms with Gasteiger partial charge in [-0.3, -0.25) is 0 Å². The first-order valence-corrected chi connectivity index (χ1v) is 6.98. The number of hydrogen-bond acceptors (Lipinski definition) is 5. The molecule has 0 saturated carbocycles. The van der Waals surface area contributed by atoms with Crippen LogP contribution in [0.5, 0.6) is 5.75 Å². The lowest BCUT2D eigenvalue weighted by atomic mass is 10.2. The first-order chi connectivity index (χ1) is 10.1. The maximum absolute atomic E-state index is 11.6. The van der Waals surface area contributed by atoms with Gasteiger partial charge in [0.25, 0.3) is 0 Å². The maximum Gasteiger partial charge on any atom is 0.344 e. The third-order valence-corrected chi connectivity index (χ3v) is 3.16. The van der Waals surface area contributed by atoms with E-state index < -0.39 is 11.6 Å². The molecule has 2 rings (SSSR count). The van der Waals surface area contributed by atoms with E-state index >= 15 is 0 Å². The van der Waals surface area contributed by atoms with Crippen molar-refractivity contribution in [3.8, 4) is 5.75 Å². The first-order valence-electron chi connectivity index (χ1n) is 6.98. The zero-order chi connectivity index (χ0) is 15.2. The van der Waals surface area contributed by atoms with Gasteiger partial charge in [-0.15, -0.1) is 0 Å². The summed E-state index contributed by atoms with van der Waals surface area (Å²) in [4.78, 5) is 22.8. The van der Waals surface area contributed by atoms with Crippen molar-refractivity contribution in [1.82, 2.24) is 0 Å². The van der Waals surface area contributed by atoms with E-state index in [4.69, 9.17) is 13.9 Å². The summed E-state index contributed by atoms with van der Waals surface area (Å²) in [5, 5.41) is 0.793. The van der Waals surface area contributed by atoms with Crippen molar-refractivity contribution in [3.63, 3.8) is 0 Å². The van der Waals surface area contributed by atoms with Crippen LogP contribution in [0.4, 0.5) is 0 Å². The smallest absolute Gasteiger partial charge is 0.344 e. The molecule has 1 heterocycles. The molecule has 0 spiro atoms. The van der Waals surface area contributed by atoms with Crippen LogP contribution in [0.3, 0.4) is 0 Å². The summed E-state index contributed by atoms with van der Waals surface area (Å²) >= 11 is 0. The first kappa shape index (κ1) is 15.1. The molecule has 0 aliphatic carbocycles. The molecule has 112 valence electrons. The van der Waals surface area contributed by atoms with Crippen LogP contribution in [-0.4, -0.2) is 18.7 Å². The monoisotopic (exact) mass is 290 g/mol. The Kier molecular flexibility index (Phi) is 4.98. The number of rotatable bonds is 6. The zero-order valence-electron chi connectivity index (χ0n) is 12.1. The average Bonchev–Trinajstić information content (AvgIpc) is 2.50. The van der Waals surface area contributed by atoms with Crippen molar-refractivity contribution in [3.05, 3.63) is 40.8 Å². The highest BCUT2D eigenvalue weighted by atomic mass is 16.6. The molecule has 21 heavy (non-hydrogen) atoms. The fourth-order valence-corrected chi connectivity index (χ4v) is 1.95. The summed E-state index contributed by atoms with van der Waals surface area (Å²) in [7, 11) is 0. The molecule has 0 aliphatic rings.